The maximum Gasteiger partial charge on any atom is 0.490 e. The molecule has 7 N–H and O–H groups in total. The van der Waals surface area contributed by atoms with Crippen molar-refractivity contribution in [2.75, 3.05) is 6.61 Å². The van der Waals surface area contributed by atoms with Crippen molar-refractivity contribution < 1.29 is 74.5 Å². The molecule has 1 aromatic rings. The number of aliphatic hydroxyl groups is 2. The van der Waals surface area contributed by atoms with E-state index in [2.05, 4.69) is 13.1 Å². The molecule has 23 heteroatoms. The van der Waals surface area contributed by atoms with Crippen LogP contribution < -0.4 is 5.56 Å². The van der Waals surface area contributed by atoms with E-state index in [1.807, 2.05) is 4.98 Å². The molecular formula is C10H14F3N2O14P3S. The lowest BCUT2D eigenvalue weighted by molar-refractivity contribution is -0.304. The molecule has 1 fully saturated rings. The molecule has 190 valence electrons. The molecule has 1 aliphatic rings. The predicted octanol–water partition coefficient (Wildman–Crippen LogP) is -0.199. The molecule has 1 aliphatic heterocycles. The van der Waals surface area contributed by atoms with E-state index in [4.69, 9.17) is 31.6 Å². The minimum absolute atomic E-state index is 0.415. The van der Waals surface area contributed by atoms with Crippen LogP contribution in [0.1, 0.15) is 6.23 Å². The van der Waals surface area contributed by atoms with E-state index in [-0.39, 0.29) is 0 Å². The molecule has 0 amide bonds. The van der Waals surface area contributed by atoms with Gasteiger partial charge in [0, 0.05) is 12.3 Å². The second kappa shape index (κ2) is 9.33. The summed E-state index contributed by atoms with van der Waals surface area (Å²) in [6.45, 7) is -1.50. The molecule has 0 bridgehead atoms. The molecule has 33 heavy (non-hydrogen) atoms. The van der Waals surface area contributed by atoms with Gasteiger partial charge in [-0.15, -0.1) is 0 Å². The fourth-order valence-electron chi connectivity index (χ4n) is 2.57. The molecule has 16 nitrogen and oxygen atoms in total. The van der Waals surface area contributed by atoms with Crippen LogP contribution in [0.3, 0.4) is 0 Å². The number of ether oxygens (including phenoxy) is 1. The maximum atomic E-state index is 13.6. The van der Waals surface area contributed by atoms with E-state index in [0.717, 1.165) is 0 Å². The van der Waals surface area contributed by atoms with Crippen molar-refractivity contribution in [3.8, 4) is 0 Å². The number of phosphoric ester groups is 1. The average Bonchev–Trinajstić information content (AvgIpc) is 2.82. The Kier molecular flexibility index (Phi) is 8.03. The fourth-order valence-corrected chi connectivity index (χ4v) is 5.86. The number of H-pyrrole nitrogens is 1. The highest BCUT2D eigenvalue weighted by molar-refractivity contribution is 7.71. The number of aliphatic hydroxyl groups excluding tert-OH is 1. The highest BCUT2D eigenvalue weighted by Gasteiger charge is 2.71. The van der Waals surface area contributed by atoms with Gasteiger partial charge in [-0.05, 0) is 12.2 Å². The van der Waals surface area contributed by atoms with Crippen molar-refractivity contribution in [1.82, 2.24) is 9.55 Å². The summed E-state index contributed by atoms with van der Waals surface area (Å²) >= 11 is 4.70. The number of hydrogen-bond donors (Lipinski definition) is 7. The first-order valence-corrected chi connectivity index (χ1v) is 12.8. The van der Waals surface area contributed by atoms with Crippen LogP contribution >= 0.6 is 35.7 Å². The van der Waals surface area contributed by atoms with Crippen molar-refractivity contribution >= 4 is 35.7 Å². The summed E-state index contributed by atoms with van der Waals surface area (Å²) in [5.41, 5.74) is -4.93. The van der Waals surface area contributed by atoms with Gasteiger partial charge in [-0.3, -0.25) is 18.9 Å². The normalized spacial score (nSPS) is 30.0. The number of hydrogen-bond acceptors (Lipinski definition) is 11. The Bertz CT molecular complexity index is 1150. The summed E-state index contributed by atoms with van der Waals surface area (Å²) in [6.07, 6.45) is -12.6. The minimum Gasteiger partial charge on any atom is -0.387 e. The first-order chi connectivity index (χ1) is 14.7. The average molecular weight is 568 g/mol. The summed E-state index contributed by atoms with van der Waals surface area (Å²) in [4.78, 5) is 48.5. The van der Waals surface area contributed by atoms with Crippen LogP contribution in [0.15, 0.2) is 17.1 Å². The number of phosphoric acid groups is 3. The van der Waals surface area contributed by atoms with Crippen LogP contribution in [0, 0.1) is 4.77 Å². The third-order valence-corrected chi connectivity index (χ3v) is 7.97. The third-order valence-electron chi connectivity index (χ3n) is 3.86. The van der Waals surface area contributed by atoms with Gasteiger partial charge in [0.2, 0.25) is 5.60 Å². The van der Waals surface area contributed by atoms with Crippen LogP contribution in [0.4, 0.5) is 13.2 Å². The molecule has 0 radical (unpaired) electrons. The minimum atomic E-state index is -5.92. The Morgan fingerprint density at radius 2 is 1.76 bits per heavy atom. The highest BCUT2D eigenvalue weighted by atomic mass is 32.1. The molecule has 0 spiro atoms. The molecule has 1 aromatic heterocycles. The first-order valence-electron chi connectivity index (χ1n) is 7.91. The third kappa shape index (κ3) is 6.65. The number of rotatable bonds is 8. The Morgan fingerprint density at radius 3 is 2.24 bits per heavy atom. The van der Waals surface area contributed by atoms with Gasteiger partial charge in [0.25, 0.3) is 5.56 Å². The van der Waals surface area contributed by atoms with E-state index in [0.29, 0.717) is 16.8 Å². The van der Waals surface area contributed by atoms with Crippen molar-refractivity contribution in [2.45, 2.75) is 30.2 Å². The van der Waals surface area contributed by atoms with Gasteiger partial charge in [0.15, 0.2) is 11.0 Å². The van der Waals surface area contributed by atoms with E-state index in [1.165, 1.54) is 0 Å². The van der Waals surface area contributed by atoms with Gasteiger partial charge >= 0.3 is 29.6 Å². The molecule has 2 heterocycles. The zero-order valence-electron chi connectivity index (χ0n) is 15.4. The number of aromatic nitrogens is 2. The fraction of sp³-hybridized carbons (Fsp3) is 0.600. The molecular weight excluding hydrogens is 554 g/mol. The summed E-state index contributed by atoms with van der Waals surface area (Å²) < 4.78 is 90.1. The van der Waals surface area contributed by atoms with Crippen molar-refractivity contribution in [3.63, 3.8) is 0 Å². The van der Waals surface area contributed by atoms with E-state index < -0.39 is 70.6 Å². The van der Waals surface area contributed by atoms with Gasteiger partial charge in [0.05, 0.1) is 6.61 Å². The second-order valence-electron chi connectivity index (χ2n) is 6.20. The van der Waals surface area contributed by atoms with Gasteiger partial charge < -0.3 is 34.5 Å². The lowest BCUT2D eigenvalue weighted by Crippen LogP contribution is -2.57. The lowest BCUT2D eigenvalue weighted by atomic mass is 9.93. The predicted molar refractivity (Wildman–Crippen MR) is 96.6 cm³/mol. The quantitative estimate of drug-likeness (QED) is 0.159. The van der Waals surface area contributed by atoms with Crippen LogP contribution in [0.5, 0.6) is 0 Å². The van der Waals surface area contributed by atoms with Gasteiger partial charge in [-0.25, -0.2) is 13.7 Å². The zero-order valence-corrected chi connectivity index (χ0v) is 18.9. The van der Waals surface area contributed by atoms with Gasteiger partial charge in [0.1, 0.15) is 12.2 Å². The number of nitrogens with zero attached hydrogens (tertiary/aromatic N) is 1. The van der Waals surface area contributed by atoms with Gasteiger partial charge in [-0.1, -0.05) is 0 Å². The van der Waals surface area contributed by atoms with Crippen LogP contribution in [0.2, 0.25) is 0 Å². The summed E-state index contributed by atoms with van der Waals surface area (Å²) in [5, 5.41) is 20.3. The number of nitrogens with one attached hydrogen (secondary N) is 1. The van der Waals surface area contributed by atoms with Crippen LogP contribution in [-0.2, 0) is 31.6 Å². The van der Waals surface area contributed by atoms with E-state index >= 15 is 0 Å². The maximum absolute atomic E-state index is 13.6. The number of alkyl halides is 3. The molecule has 0 saturated carbocycles. The first kappa shape index (κ1) is 28.4. The van der Waals surface area contributed by atoms with Crippen LogP contribution in [0.25, 0.3) is 0 Å². The molecule has 0 aromatic carbocycles. The smallest absolute Gasteiger partial charge is 0.387 e. The Hall–Kier alpha value is -0.820. The highest BCUT2D eigenvalue weighted by Crippen LogP contribution is 2.66. The zero-order chi connectivity index (χ0) is 25.6. The summed E-state index contributed by atoms with van der Waals surface area (Å²) in [5.74, 6) is 0. The molecule has 6 atom stereocenters. The van der Waals surface area contributed by atoms with Crippen molar-refractivity contribution in [2.24, 2.45) is 0 Å². The largest absolute Gasteiger partial charge is 0.490 e. The van der Waals surface area contributed by atoms with Gasteiger partial charge in [-0.2, -0.15) is 21.8 Å². The Balaban J connectivity index is 2.29. The summed E-state index contributed by atoms with van der Waals surface area (Å²) in [7, 11) is -17.4. The van der Waals surface area contributed by atoms with E-state index in [9.17, 15) is 46.8 Å². The van der Waals surface area contributed by atoms with Crippen LogP contribution in [-0.4, -0.2) is 69.9 Å². The molecule has 1 saturated heterocycles. The summed E-state index contributed by atoms with van der Waals surface area (Å²) in [6, 6.07) is 0.710. The number of halogens is 3. The molecule has 2 rings (SSSR count). The van der Waals surface area contributed by atoms with Crippen molar-refractivity contribution in [3.05, 3.63) is 27.4 Å². The SMILES string of the molecule is O=c1ccn(C2OC(COP(=O)(O)OP(=O)(O)OP(=O)(O)O)C(O)C2(O)C(F)(F)F)c(=S)[nH]1. The Morgan fingerprint density at radius 1 is 1.18 bits per heavy atom. The van der Waals surface area contributed by atoms with Crippen molar-refractivity contribution in [1.29, 1.82) is 0 Å². The Labute approximate surface area is 184 Å². The topological polar surface area (TPSA) is 247 Å². The molecule has 6 unspecified atom stereocenters. The standard InChI is InChI=1S/C10H14F3N2O14P3S/c11-10(12,13)9(18)6(17)4(27-7(9)15-2-1-5(16)14-8(15)33)3-26-31(22,23)29-32(24,25)28-30(19,20)21/h1-2,4,6-7,17-18H,3H2,(H,22,23)(H,24,25)(H,14,16,33)(H2,19,20,21). The van der Waals surface area contributed by atoms with E-state index in [1.54, 1.807) is 0 Å². The number of aromatic amines is 1. The molecule has 0 aliphatic carbocycles. The second-order valence-corrected chi connectivity index (χ2v) is 11.0. The monoisotopic (exact) mass is 568 g/mol. The lowest BCUT2D eigenvalue weighted by Gasteiger charge is -2.33.